The van der Waals surface area contributed by atoms with Crippen molar-refractivity contribution in [3.63, 3.8) is 0 Å². The van der Waals surface area contributed by atoms with Crippen LogP contribution < -0.4 is 16.6 Å². The van der Waals surface area contributed by atoms with Crippen LogP contribution in [-0.2, 0) is 0 Å². The lowest BCUT2D eigenvalue weighted by atomic mass is 10.1. The molecule has 1 aromatic rings. The molecule has 0 bridgehead atoms. The quantitative estimate of drug-likeness (QED) is 0.564. The fraction of sp³-hybridized carbons (Fsp3) is 0.500. The van der Waals surface area contributed by atoms with Crippen molar-refractivity contribution >= 4 is 11.6 Å². The van der Waals surface area contributed by atoms with Crippen LogP contribution in [0, 0.1) is 12.8 Å². The minimum atomic E-state index is -0.0430. The van der Waals surface area contributed by atoms with Gasteiger partial charge in [0.1, 0.15) is 0 Å². The number of benzene rings is 1. The molecule has 1 aromatic carbocycles. The highest BCUT2D eigenvalue weighted by Crippen LogP contribution is 2.24. The summed E-state index contributed by atoms with van der Waals surface area (Å²) < 4.78 is 0. The Bertz CT molecular complexity index is 425. The molecule has 0 saturated heterocycles. The molecule has 4 heteroatoms. The molecule has 98 valence electrons. The second-order valence-corrected chi connectivity index (χ2v) is 5.05. The van der Waals surface area contributed by atoms with Crippen LogP contribution in [0.5, 0.6) is 0 Å². The molecule has 0 spiro atoms. The third-order valence-corrected chi connectivity index (χ3v) is 3.60. The second kappa shape index (κ2) is 5.87. The van der Waals surface area contributed by atoms with Crippen LogP contribution >= 0.6 is 0 Å². The molecule has 4 N–H and O–H groups in total. The summed E-state index contributed by atoms with van der Waals surface area (Å²) in [5.74, 6) is 6.03. The number of nitrogen functional groups attached to an aromatic ring is 1. The number of nitrogens with one attached hydrogen (secondary N) is 2. The molecule has 2 rings (SSSR count). The average Bonchev–Trinajstić information content (AvgIpc) is 2.89. The van der Waals surface area contributed by atoms with E-state index in [0.717, 1.165) is 12.1 Å². The minimum absolute atomic E-state index is 0.0430. The molecule has 0 unspecified atom stereocenters. The maximum absolute atomic E-state index is 12.1. The highest BCUT2D eigenvalue weighted by atomic mass is 16.1. The van der Waals surface area contributed by atoms with Crippen LogP contribution in [0.15, 0.2) is 18.2 Å². The van der Waals surface area contributed by atoms with Gasteiger partial charge < -0.3 is 10.7 Å². The number of carbonyl (C=O) groups excluding carboxylic acids is 1. The van der Waals surface area contributed by atoms with Crippen molar-refractivity contribution in [2.45, 2.75) is 32.6 Å². The predicted octanol–water partition coefficient (Wildman–Crippen LogP) is 2.20. The number of carbonyl (C=O) groups is 1. The van der Waals surface area contributed by atoms with Crippen molar-refractivity contribution in [1.82, 2.24) is 5.32 Å². The van der Waals surface area contributed by atoms with Crippen molar-refractivity contribution < 1.29 is 4.79 Å². The van der Waals surface area contributed by atoms with Gasteiger partial charge in [-0.2, -0.15) is 0 Å². The van der Waals surface area contributed by atoms with Crippen molar-refractivity contribution in [1.29, 1.82) is 0 Å². The molecular weight excluding hydrogens is 226 g/mol. The lowest BCUT2D eigenvalue weighted by Crippen LogP contribution is -2.29. The van der Waals surface area contributed by atoms with Gasteiger partial charge in [0.2, 0.25) is 0 Å². The second-order valence-electron chi connectivity index (χ2n) is 5.05. The fourth-order valence-corrected chi connectivity index (χ4v) is 2.52. The van der Waals surface area contributed by atoms with Gasteiger partial charge in [0.15, 0.2) is 0 Å². The maximum atomic E-state index is 12.1. The molecule has 0 radical (unpaired) electrons. The summed E-state index contributed by atoms with van der Waals surface area (Å²) in [5, 5.41) is 3.01. The van der Waals surface area contributed by atoms with E-state index < -0.39 is 0 Å². The summed E-state index contributed by atoms with van der Waals surface area (Å²) in [6.07, 6.45) is 5.05. The third-order valence-electron chi connectivity index (χ3n) is 3.60. The number of hydrogen-bond donors (Lipinski definition) is 3. The Kier molecular flexibility index (Phi) is 4.20. The zero-order chi connectivity index (χ0) is 13.0. The van der Waals surface area contributed by atoms with Gasteiger partial charge in [-0.05, 0) is 37.8 Å². The van der Waals surface area contributed by atoms with Crippen LogP contribution in [0.4, 0.5) is 5.69 Å². The van der Waals surface area contributed by atoms with Crippen molar-refractivity contribution in [2.24, 2.45) is 11.8 Å². The molecule has 0 heterocycles. The predicted molar refractivity (Wildman–Crippen MR) is 73.3 cm³/mol. The summed E-state index contributed by atoms with van der Waals surface area (Å²) in [6, 6.07) is 5.63. The SMILES string of the molecule is Cc1ccc(NN)c(C(=O)NCC2CCCC2)c1. The Balaban J connectivity index is 2.00. The standard InChI is InChI=1S/C14H21N3O/c1-10-6-7-13(17-15)12(8-10)14(18)16-9-11-4-2-3-5-11/h6-8,11,17H,2-5,9,15H2,1H3,(H,16,18). The van der Waals surface area contributed by atoms with E-state index >= 15 is 0 Å². The number of amides is 1. The van der Waals surface area contributed by atoms with Crippen molar-refractivity contribution in [2.75, 3.05) is 12.0 Å². The summed E-state index contributed by atoms with van der Waals surface area (Å²) in [4.78, 5) is 12.1. The van der Waals surface area contributed by atoms with E-state index in [1.807, 2.05) is 25.1 Å². The minimum Gasteiger partial charge on any atom is -0.352 e. The zero-order valence-corrected chi connectivity index (χ0v) is 10.8. The fourth-order valence-electron chi connectivity index (χ4n) is 2.52. The molecule has 18 heavy (non-hydrogen) atoms. The average molecular weight is 247 g/mol. The van der Waals surface area contributed by atoms with E-state index in [-0.39, 0.29) is 5.91 Å². The van der Waals surface area contributed by atoms with E-state index in [4.69, 9.17) is 5.84 Å². The lowest BCUT2D eigenvalue weighted by Gasteiger charge is -2.13. The monoisotopic (exact) mass is 247 g/mol. The number of nitrogens with two attached hydrogens (primary N) is 1. The van der Waals surface area contributed by atoms with Crippen molar-refractivity contribution in [3.05, 3.63) is 29.3 Å². The largest absolute Gasteiger partial charge is 0.352 e. The van der Waals surface area contributed by atoms with E-state index in [1.54, 1.807) is 0 Å². The Morgan fingerprint density at radius 2 is 2.11 bits per heavy atom. The number of hydrogen-bond acceptors (Lipinski definition) is 3. The van der Waals surface area contributed by atoms with E-state index in [2.05, 4.69) is 10.7 Å². The first-order chi connectivity index (χ1) is 8.70. The summed E-state index contributed by atoms with van der Waals surface area (Å²) in [7, 11) is 0. The molecule has 0 aliphatic heterocycles. The molecule has 0 aromatic heterocycles. The molecule has 1 fully saturated rings. The molecule has 1 amide bonds. The molecular formula is C14H21N3O. The van der Waals surface area contributed by atoms with Gasteiger partial charge >= 0.3 is 0 Å². The van der Waals surface area contributed by atoms with Gasteiger partial charge in [-0.15, -0.1) is 0 Å². The van der Waals surface area contributed by atoms with Gasteiger partial charge in [-0.1, -0.05) is 24.5 Å². The molecule has 4 nitrogen and oxygen atoms in total. The highest BCUT2D eigenvalue weighted by molar-refractivity contribution is 5.99. The van der Waals surface area contributed by atoms with Crippen LogP contribution in [0.25, 0.3) is 0 Å². The van der Waals surface area contributed by atoms with Gasteiger partial charge in [-0.25, -0.2) is 0 Å². The summed E-state index contributed by atoms with van der Waals surface area (Å²) in [5.41, 5.74) is 4.92. The first-order valence-corrected chi connectivity index (χ1v) is 6.56. The first kappa shape index (κ1) is 12.9. The summed E-state index contributed by atoms with van der Waals surface area (Å²) in [6.45, 7) is 2.74. The third kappa shape index (κ3) is 3.01. The molecule has 1 aliphatic carbocycles. The zero-order valence-electron chi connectivity index (χ0n) is 10.8. The van der Waals surface area contributed by atoms with Crippen LogP contribution in [0.2, 0.25) is 0 Å². The van der Waals surface area contributed by atoms with Crippen molar-refractivity contribution in [3.8, 4) is 0 Å². The van der Waals surface area contributed by atoms with Crippen LogP contribution in [0.1, 0.15) is 41.6 Å². The molecule has 0 atom stereocenters. The summed E-state index contributed by atoms with van der Waals surface area (Å²) >= 11 is 0. The number of anilines is 1. The number of aryl methyl sites for hydroxylation is 1. The van der Waals surface area contributed by atoms with Gasteiger partial charge in [0.05, 0.1) is 11.3 Å². The molecule has 1 saturated carbocycles. The molecule has 1 aliphatic rings. The normalized spacial score (nSPS) is 15.7. The van der Waals surface area contributed by atoms with Crippen LogP contribution in [-0.4, -0.2) is 12.5 Å². The first-order valence-electron chi connectivity index (χ1n) is 6.56. The van der Waals surface area contributed by atoms with Gasteiger partial charge in [-0.3, -0.25) is 10.6 Å². The smallest absolute Gasteiger partial charge is 0.253 e. The van der Waals surface area contributed by atoms with Crippen LogP contribution in [0.3, 0.4) is 0 Å². The topological polar surface area (TPSA) is 67.1 Å². The van der Waals surface area contributed by atoms with E-state index in [9.17, 15) is 4.79 Å². The number of hydrazine groups is 1. The Morgan fingerprint density at radius 1 is 1.39 bits per heavy atom. The van der Waals surface area contributed by atoms with Gasteiger partial charge in [0, 0.05) is 6.54 Å². The van der Waals surface area contributed by atoms with Gasteiger partial charge in [0.25, 0.3) is 5.91 Å². The maximum Gasteiger partial charge on any atom is 0.253 e. The highest BCUT2D eigenvalue weighted by Gasteiger charge is 2.17. The Hall–Kier alpha value is -1.55. The lowest BCUT2D eigenvalue weighted by molar-refractivity contribution is 0.0948. The Labute approximate surface area is 108 Å². The number of rotatable bonds is 4. The van der Waals surface area contributed by atoms with E-state index in [0.29, 0.717) is 17.2 Å². The van der Waals surface area contributed by atoms with E-state index in [1.165, 1.54) is 25.7 Å². The Morgan fingerprint density at radius 3 is 2.78 bits per heavy atom.